The maximum atomic E-state index is 10.8. The number of carbonyl (C=O) groups excluding carboxylic acids is 1. The minimum Gasteiger partial charge on any atom is -0.394 e. The van der Waals surface area contributed by atoms with Crippen molar-refractivity contribution < 1.29 is 35.4 Å². The van der Waals surface area contributed by atoms with Crippen LogP contribution in [0.3, 0.4) is 0 Å². The van der Waals surface area contributed by atoms with Crippen molar-refractivity contribution in [1.82, 2.24) is 5.43 Å². The smallest absolute Gasteiger partial charge is 0.265 e. The number of aliphatic hydroxyl groups excluding tert-OH is 6. The second-order valence-corrected chi connectivity index (χ2v) is 3.18. The van der Waals surface area contributed by atoms with Crippen molar-refractivity contribution in [3.05, 3.63) is 0 Å². The fraction of sp³-hybridized carbons (Fsp3) is 0.857. The van der Waals surface area contributed by atoms with Gasteiger partial charge >= 0.3 is 0 Å². The molecule has 0 aromatic heterocycles. The summed E-state index contributed by atoms with van der Waals surface area (Å²) in [4.78, 5) is 10.8. The fourth-order valence-electron chi connectivity index (χ4n) is 0.965. The Hall–Kier alpha value is -0.810. The zero-order valence-corrected chi connectivity index (χ0v) is 8.26. The van der Waals surface area contributed by atoms with Gasteiger partial charge in [-0.3, -0.25) is 10.2 Å². The van der Waals surface area contributed by atoms with Gasteiger partial charge in [0.05, 0.1) is 6.61 Å². The molecule has 0 saturated carbocycles. The van der Waals surface area contributed by atoms with Gasteiger partial charge < -0.3 is 30.6 Å². The Kier molecular flexibility index (Phi) is 6.36. The van der Waals surface area contributed by atoms with E-state index in [0.717, 1.165) is 0 Å². The van der Waals surface area contributed by atoms with Crippen LogP contribution in [0, 0.1) is 0 Å². The number of nitrogens with two attached hydrogens (primary N) is 1. The van der Waals surface area contributed by atoms with Crippen LogP contribution in [0.1, 0.15) is 0 Å². The maximum Gasteiger partial charge on any atom is 0.265 e. The highest BCUT2D eigenvalue weighted by atomic mass is 16.4. The molecule has 16 heavy (non-hydrogen) atoms. The van der Waals surface area contributed by atoms with Crippen LogP contribution >= 0.6 is 0 Å². The largest absolute Gasteiger partial charge is 0.394 e. The summed E-state index contributed by atoms with van der Waals surface area (Å²) in [5, 5.41) is 54.2. The molecule has 5 atom stereocenters. The lowest BCUT2D eigenvalue weighted by molar-refractivity contribution is -0.156. The standard InChI is InChI=1S/C7H16N2O7/c8-9-7(16)6(15)5(14)4(13)3(12)2(11)1-10/h2-6,10-15H,1,8H2,(H,9,16)/t2-,3-,4+,5+,6+/m1/s1. The van der Waals surface area contributed by atoms with E-state index in [2.05, 4.69) is 5.84 Å². The van der Waals surface area contributed by atoms with Gasteiger partial charge in [-0.1, -0.05) is 0 Å². The van der Waals surface area contributed by atoms with Gasteiger partial charge in [0.25, 0.3) is 5.91 Å². The molecular formula is C7H16N2O7. The number of hydrazine groups is 1. The van der Waals surface area contributed by atoms with Crippen LogP contribution in [0.15, 0.2) is 0 Å². The van der Waals surface area contributed by atoms with Crippen molar-refractivity contribution in [1.29, 1.82) is 0 Å². The van der Waals surface area contributed by atoms with Gasteiger partial charge in [0.2, 0.25) is 0 Å². The van der Waals surface area contributed by atoms with E-state index in [1.54, 1.807) is 0 Å². The summed E-state index contributed by atoms with van der Waals surface area (Å²) in [6, 6.07) is 0. The van der Waals surface area contributed by atoms with Crippen LogP contribution in [-0.4, -0.2) is 73.7 Å². The van der Waals surface area contributed by atoms with E-state index in [1.165, 1.54) is 5.43 Å². The topological polar surface area (TPSA) is 176 Å². The SMILES string of the molecule is NNC(=O)[C@@H](O)[C@@H](O)[C@@H](O)[C@H](O)[C@H](O)CO. The van der Waals surface area contributed by atoms with Gasteiger partial charge in [-0.05, 0) is 0 Å². The maximum absolute atomic E-state index is 10.8. The van der Waals surface area contributed by atoms with Crippen molar-refractivity contribution >= 4 is 5.91 Å². The number of nitrogens with one attached hydrogen (secondary N) is 1. The second kappa shape index (κ2) is 6.70. The van der Waals surface area contributed by atoms with Crippen molar-refractivity contribution in [2.45, 2.75) is 30.5 Å². The number of aliphatic hydroxyl groups is 6. The molecule has 0 aliphatic rings. The van der Waals surface area contributed by atoms with Gasteiger partial charge in [0, 0.05) is 0 Å². The van der Waals surface area contributed by atoms with Crippen LogP contribution in [0.25, 0.3) is 0 Å². The van der Waals surface area contributed by atoms with E-state index < -0.39 is 43.0 Å². The quantitative estimate of drug-likeness (QED) is 0.129. The second-order valence-electron chi connectivity index (χ2n) is 3.18. The Balaban J connectivity index is 4.47. The van der Waals surface area contributed by atoms with Crippen molar-refractivity contribution in [3.63, 3.8) is 0 Å². The van der Waals surface area contributed by atoms with E-state index >= 15 is 0 Å². The third kappa shape index (κ3) is 3.64. The molecule has 0 radical (unpaired) electrons. The van der Waals surface area contributed by atoms with Crippen LogP contribution in [0.4, 0.5) is 0 Å². The molecule has 0 aliphatic carbocycles. The Bertz CT molecular complexity index is 227. The molecule has 0 unspecified atom stereocenters. The van der Waals surface area contributed by atoms with Crippen LogP contribution < -0.4 is 11.3 Å². The van der Waals surface area contributed by atoms with Crippen LogP contribution in [0.5, 0.6) is 0 Å². The normalized spacial score (nSPS) is 20.7. The molecule has 0 spiro atoms. The van der Waals surface area contributed by atoms with Gasteiger partial charge in [-0.2, -0.15) is 0 Å². The molecule has 0 fully saturated rings. The van der Waals surface area contributed by atoms with Gasteiger partial charge in [0.15, 0.2) is 6.10 Å². The summed E-state index contributed by atoms with van der Waals surface area (Å²) in [5.74, 6) is 3.50. The van der Waals surface area contributed by atoms with Gasteiger partial charge in [-0.15, -0.1) is 0 Å². The first-order valence-corrected chi connectivity index (χ1v) is 4.38. The molecule has 1 amide bonds. The average Bonchev–Trinajstić information content (AvgIpc) is 2.32. The minimum atomic E-state index is -2.07. The number of hydrogen-bond donors (Lipinski definition) is 8. The summed E-state index contributed by atoms with van der Waals surface area (Å²) in [6.45, 7) is -0.857. The van der Waals surface area contributed by atoms with E-state index in [9.17, 15) is 15.0 Å². The summed E-state index contributed by atoms with van der Waals surface area (Å²) in [7, 11) is 0. The molecule has 0 bridgehead atoms. The van der Waals surface area contributed by atoms with Crippen molar-refractivity contribution in [3.8, 4) is 0 Å². The van der Waals surface area contributed by atoms with E-state index in [1.807, 2.05) is 0 Å². The predicted molar refractivity (Wildman–Crippen MR) is 49.4 cm³/mol. The Labute approximate surface area is 90.7 Å². The molecule has 9 nitrogen and oxygen atoms in total. The lowest BCUT2D eigenvalue weighted by atomic mass is 9.99. The first-order chi connectivity index (χ1) is 7.36. The Morgan fingerprint density at radius 3 is 1.94 bits per heavy atom. The zero-order chi connectivity index (χ0) is 12.9. The lowest BCUT2D eigenvalue weighted by Crippen LogP contribution is -2.54. The monoisotopic (exact) mass is 240 g/mol. The van der Waals surface area contributed by atoms with Crippen LogP contribution in [-0.2, 0) is 4.79 Å². The van der Waals surface area contributed by atoms with E-state index in [0.29, 0.717) is 0 Å². The predicted octanol–water partition coefficient (Wildman–Crippen LogP) is -5.23. The molecule has 0 aromatic rings. The van der Waals surface area contributed by atoms with Crippen molar-refractivity contribution in [2.24, 2.45) is 5.84 Å². The third-order valence-corrected chi connectivity index (χ3v) is 2.02. The first kappa shape index (κ1) is 15.2. The van der Waals surface area contributed by atoms with Gasteiger partial charge in [0.1, 0.15) is 24.4 Å². The molecule has 96 valence electrons. The molecule has 0 heterocycles. The first-order valence-electron chi connectivity index (χ1n) is 4.38. The van der Waals surface area contributed by atoms with Crippen LogP contribution in [0.2, 0.25) is 0 Å². The summed E-state index contributed by atoms with van der Waals surface area (Å²) in [6.07, 6.45) is -9.77. The highest BCUT2D eigenvalue weighted by molar-refractivity contribution is 5.80. The van der Waals surface area contributed by atoms with E-state index in [4.69, 9.17) is 20.4 Å². The summed E-state index contributed by atoms with van der Waals surface area (Å²) in [5.41, 5.74) is 1.53. The molecule has 9 N–H and O–H groups in total. The molecule has 0 rings (SSSR count). The average molecular weight is 240 g/mol. The summed E-state index contributed by atoms with van der Waals surface area (Å²) < 4.78 is 0. The fourth-order valence-corrected chi connectivity index (χ4v) is 0.965. The highest BCUT2D eigenvalue weighted by Crippen LogP contribution is 2.08. The third-order valence-electron chi connectivity index (χ3n) is 2.02. The number of carbonyl (C=O) groups is 1. The zero-order valence-electron chi connectivity index (χ0n) is 8.26. The highest BCUT2D eigenvalue weighted by Gasteiger charge is 2.36. The molecule has 9 heteroatoms. The van der Waals surface area contributed by atoms with Crippen molar-refractivity contribution in [2.75, 3.05) is 6.61 Å². The van der Waals surface area contributed by atoms with Gasteiger partial charge in [-0.25, -0.2) is 5.84 Å². The van der Waals surface area contributed by atoms with E-state index in [-0.39, 0.29) is 0 Å². The number of rotatable bonds is 6. The number of hydrogen-bond acceptors (Lipinski definition) is 8. The Morgan fingerprint density at radius 2 is 1.56 bits per heavy atom. The molecular weight excluding hydrogens is 224 g/mol. The minimum absolute atomic E-state index is 0.857. The Morgan fingerprint density at radius 1 is 1.06 bits per heavy atom. The molecule has 0 aliphatic heterocycles. The lowest BCUT2D eigenvalue weighted by Gasteiger charge is -2.27. The molecule has 0 aromatic carbocycles. The summed E-state index contributed by atoms with van der Waals surface area (Å²) >= 11 is 0. The number of amides is 1. The molecule has 0 saturated heterocycles.